The van der Waals surface area contributed by atoms with Crippen LogP contribution in [-0.4, -0.2) is 16.1 Å². The molecule has 0 saturated carbocycles. The van der Waals surface area contributed by atoms with E-state index in [1.807, 2.05) is 12.1 Å². The van der Waals surface area contributed by atoms with Crippen LogP contribution in [0.15, 0.2) is 52.9 Å². The van der Waals surface area contributed by atoms with E-state index in [9.17, 15) is 9.90 Å². The first-order valence-corrected chi connectivity index (χ1v) is 7.96. The zero-order valence-electron chi connectivity index (χ0n) is 12.7. The molecule has 0 radical (unpaired) electrons. The van der Waals surface area contributed by atoms with Crippen molar-refractivity contribution in [2.45, 2.75) is 12.8 Å². The molecule has 1 aromatic heterocycles. The second kappa shape index (κ2) is 6.67. The Morgan fingerprint density at radius 3 is 2.00 bits per heavy atom. The van der Waals surface area contributed by atoms with Gasteiger partial charge in [0.1, 0.15) is 11.6 Å². The molecule has 6 heteroatoms. The van der Waals surface area contributed by atoms with E-state index >= 15 is 0 Å². The lowest BCUT2D eigenvalue weighted by Crippen LogP contribution is -2.07. The first kappa shape index (κ1) is 16.6. The first-order chi connectivity index (χ1) is 11.5. The van der Waals surface area contributed by atoms with Gasteiger partial charge in [0.25, 0.3) is 0 Å². The summed E-state index contributed by atoms with van der Waals surface area (Å²) in [5.41, 5.74) is 2.12. The zero-order chi connectivity index (χ0) is 17.3. The number of carboxylic acids is 1. The van der Waals surface area contributed by atoms with E-state index in [0.29, 0.717) is 21.5 Å². The number of hydrogen-bond acceptors (Lipinski definition) is 3. The van der Waals surface area contributed by atoms with Gasteiger partial charge < -0.3 is 9.52 Å². The van der Waals surface area contributed by atoms with E-state index < -0.39 is 11.9 Å². The third kappa shape index (κ3) is 3.30. The van der Waals surface area contributed by atoms with Crippen LogP contribution in [0.25, 0.3) is 22.6 Å². The predicted molar refractivity (Wildman–Crippen MR) is 93.4 cm³/mol. The number of aromatic nitrogens is 1. The van der Waals surface area contributed by atoms with Crippen molar-refractivity contribution in [3.63, 3.8) is 0 Å². The minimum atomic E-state index is -0.999. The summed E-state index contributed by atoms with van der Waals surface area (Å²) in [7, 11) is 0. The summed E-state index contributed by atoms with van der Waals surface area (Å²) in [6.07, 6.45) is 0. The van der Waals surface area contributed by atoms with Crippen LogP contribution in [-0.2, 0) is 4.79 Å². The van der Waals surface area contributed by atoms with Crippen LogP contribution in [0.3, 0.4) is 0 Å². The molecular formula is C18H13Cl2NO3. The quantitative estimate of drug-likeness (QED) is 0.665. The standard InChI is InChI=1S/C18H13Cl2NO3/c1-10(18(22)23)17-21-15(11-2-6-13(19)7-3-11)16(24-17)12-4-8-14(20)9-5-12/h2-10H,1H3,(H,22,23). The minimum absolute atomic E-state index is 0.150. The van der Waals surface area contributed by atoms with Crippen LogP contribution in [0, 0.1) is 0 Å². The van der Waals surface area contributed by atoms with Crippen molar-refractivity contribution in [1.82, 2.24) is 4.98 Å². The molecule has 1 N–H and O–H groups in total. The largest absolute Gasteiger partial charge is 0.481 e. The Bertz CT molecular complexity index is 807. The van der Waals surface area contributed by atoms with Gasteiger partial charge in [-0.05, 0) is 43.3 Å². The third-order valence-electron chi connectivity index (χ3n) is 3.61. The van der Waals surface area contributed by atoms with Crippen molar-refractivity contribution in [1.29, 1.82) is 0 Å². The molecule has 0 aliphatic carbocycles. The van der Waals surface area contributed by atoms with Gasteiger partial charge >= 0.3 is 5.97 Å². The van der Waals surface area contributed by atoms with Gasteiger partial charge in [0.15, 0.2) is 5.76 Å². The van der Waals surface area contributed by atoms with Gasteiger partial charge in [0, 0.05) is 21.2 Å². The highest BCUT2D eigenvalue weighted by Gasteiger charge is 2.24. The molecule has 0 bridgehead atoms. The molecule has 3 aromatic rings. The van der Waals surface area contributed by atoms with Crippen LogP contribution >= 0.6 is 23.2 Å². The van der Waals surface area contributed by atoms with Crippen molar-refractivity contribution in [2.75, 3.05) is 0 Å². The number of aliphatic carboxylic acids is 1. The minimum Gasteiger partial charge on any atom is -0.481 e. The number of oxazole rings is 1. The van der Waals surface area contributed by atoms with E-state index in [1.54, 1.807) is 36.4 Å². The molecule has 0 spiro atoms. The molecule has 0 aliphatic rings. The molecule has 1 heterocycles. The summed E-state index contributed by atoms with van der Waals surface area (Å²) in [6.45, 7) is 1.53. The van der Waals surface area contributed by atoms with E-state index in [1.165, 1.54) is 6.92 Å². The van der Waals surface area contributed by atoms with E-state index in [2.05, 4.69) is 4.98 Å². The number of benzene rings is 2. The smallest absolute Gasteiger partial charge is 0.315 e. The molecule has 0 fully saturated rings. The molecule has 1 atom stereocenters. The number of carboxylic acid groups (broad SMARTS) is 1. The monoisotopic (exact) mass is 361 g/mol. The lowest BCUT2D eigenvalue weighted by atomic mass is 10.1. The molecule has 122 valence electrons. The summed E-state index contributed by atoms with van der Waals surface area (Å²) in [5, 5.41) is 10.4. The summed E-state index contributed by atoms with van der Waals surface area (Å²) >= 11 is 11.9. The average molecular weight is 362 g/mol. The van der Waals surface area contributed by atoms with Crippen LogP contribution in [0.1, 0.15) is 18.7 Å². The lowest BCUT2D eigenvalue weighted by Gasteiger charge is -2.02. The molecule has 24 heavy (non-hydrogen) atoms. The summed E-state index contributed by atoms with van der Waals surface area (Å²) in [6, 6.07) is 14.2. The van der Waals surface area contributed by atoms with Gasteiger partial charge in [-0.1, -0.05) is 35.3 Å². The third-order valence-corrected chi connectivity index (χ3v) is 4.11. The summed E-state index contributed by atoms with van der Waals surface area (Å²) in [5.74, 6) is -1.20. The Morgan fingerprint density at radius 1 is 1.00 bits per heavy atom. The molecule has 0 aliphatic heterocycles. The van der Waals surface area contributed by atoms with Crippen molar-refractivity contribution in [3.05, 3.63) is 64.5 Å². The highest BCUT2D eigenvalue weighted by atomic mass is 35.5. The highest BCUT2D eigenvalue weighted by Crippen LogP contribution is 2.35. The molecule has 4 nitrogen and oxygen atoms in total. The van der Waals surface area contributed by atoms with Crippen LogP contribution in [0.2, 0.25) is 10.0 Å². The van der Waals surface area contributed by atoms with E-state index in [-0.39, 0.29) is 5.89 Å². The van der Waals surface area contributed by atoms with Crippen molar-refractivity contribution < 1.29 is 14.3 Å². The van der Waals surface area contributed by atoms with Gasteiger partial charge in [0.05, 0.1) is 0 Å². The van der Waals surface area contributed by atoms with E-state index in [4.69, 9.17) is 27.6 Å². The topological polar surface area (TPSA) is 63.3 Å². The van der Waals surface area contributed by atoms with Gasteiger partial charge in [-0.25, -0.2) is 4.98 Å². The first-order valence-electron chi connectivity index (χ1n) is 7.21. The molecule has 0 amide bonds. The maximum Gasteiger partial charge on any atom is 0.315 e. The second-order valence-electron chi connectivity index (χ2n) is 5.30. The Labute approximate surface area is 148 Å². The maximum atomic E-state index is 11.2. The van der Waals surface area contributed by atoms with Gasteiger partial charge in [-0.3, -0.25) is 4.79 Å². The number of hydrogen-bond donors (Lipinski definition) is 1. The van der Waals surface area contributed by atoms with Crippen LogP contribution in [0.5, 0.6) is 0 Å². The fraction of sp³-hybridized carbons (Fsp3) is 0.111. The predicted octanol–water partition coefficient (Wildman–Crippen LogP) is 5.50. The fourth-order valence-corrected chi connectivity index (χ4v) is 2.48. The Hall–Kier alpha value is -2.30. The van der Waals surface area contributed by atoms with Gasteiger partial charge in [-0.2, -0.15) is 0 Å². The zero-order valence-corrected chi connectivity index (χ0v) is 14.2. The SMILES string of the molecule is CC(C(=O)O)c1nc(-c2ccc(Cl)cc2)c(-c2ccc(Cl)cc2)o1. The molecule has 2 aromatic carbocycles. The van der Waals surface area contributed by atoms with E-state index in [0.717, 1.165) is 11.1 Å². The summed E-state index contributed by atoms with van der Waals surface area (Å²) < 4.78 is 5.78. The molecular weight excluding hydrogens is 349 g/mol. The molecule has 0 saturated heterocycles. The molecule has 1 unspecified atom stereocenters. The normalized spacial score (nSPS) is 12.1. The number of halogens is 2. The fourth-order valence-electron chi connectivity index (χ4n) is 2.23. The number of rotatable bonds is 4. The Balaban J connectivity index is 2.16. The second-order valence-corrected chi connectivity index (χ2v) is 6.18. The van der Waals surface area contributed by atoms with Crippen molar-refractivity contribution >= 4 is 29.2 Å². The molecule has 3 rings (SSSR count). The average Bonchev–Trinajstić information content (AvgIpc) is 3.00. The maximum absolute atomic E-state index is 11.2. The number of carbonyl (C=O) groups is 1. The lowest BCUT2D eigenvalue weighted by molar-refractivity contribution is -0.138. The van der Waals surface area contributed by atoms with Crippen molar-refractivity contribution in [3.8, 4) is 22.6 Å². The van der Waals surface area contributed by atoms with Crippen molar-refractivity contribution in [2.24, 2.45) is 0 Å². The highest BCUT2D eigenvalue weighted by molar-refractivity contribution is 6.31. The van der Waals surface area contributed by atoms with Crippen LogP contribution in [0.4, 0.5) is 0 Å². The Kier molecular flexibility index (Phi) is 4.60. The Morgan fingerprint density at radius 2 is 1.50 bits per heavy atom. The van der Waals surface area contributed by atoms with Gasteiger partial charge in [-0.15, -0.1) is 0 Å². The number of nitrogens with zero attached hydrogens (tertiary/aromatic N) is 1. The van der Waals surface area contributed by atoms with Gasteiger partial charge in [0.2, 0.25) is 5.89 Å². The summed E-state index contributed by atoms with van der Waals surface area (Å²) in [4.78, 5) is 15.7. The van der Waals surface area contributed by atoms with Crippen LogP contribution < -0.4 is 0 Å².